The summed E-state index contributed by atoms with van der Waals surface area (Å²) in [6.45, 7) is 2.14. The Balaban J connectivity index is 2.35. The Morgan fingerprint density at radius 1 is 0.846 bits per heavy atom. The summed E-state index contributed by atoms with van der Waals surface area (Å²) in [5, 5.41) is 0. The fourth-order valence-corrected chi connectivity index (χ4v) is 4.31. The van der Waals surface area contributed by atoms with Crippen LogP contribution in [-0.2, 0) is 14.6 Å². The van der Waals surface area contributed by atoms with E-state index < -0.39 is 5.41 Å². The number of carbonyl (C=O) groups excluding carboxylic acids is 1. The first-order valence-corrected chi connectivity index (χ1v) is 9.81. The van der Waals surface area contributed by atoms with Crippen LogP contribution in [0.15, 0.2) is 91.0 Å². The third-order valence-electron chi connectivity index (χ3n) is 5.10. The monoisotopic (exact) mass is 360 g/mol. The second-order valence-electron chi connectivity index (χ2n) is 6.40. The van der Waals surface area contributed by atoms with Crippen LogP contribution in [0.3, 0.4) is 0 Å². The maximum absolute atomic E-state index is 13.4. The maximum Gasteiger partial charge on any atom is 0.307 e. The Morgan fingerprint density at radius 3 is 1.65 bits per heavy atom. The first-order chi connectivity index (χ1) is 12.7. The van der Waals surface area contributed by atoms with E-state index >= 15 is 0 Å². The van der Waals surface area contributed by atoms with Gasteiger partial charge in [0.15, 0.2) is 0 Å². The molecule has 132 valence electrons. The summed E-state index contributed by atoms with van der Waals surface area (Å²) >= 11 is 0. The molecule has 1 atom stereocenters. The van der Waals surface area contributed by atoms with Crippen molar-refractivity contribution >= 4 is 16.5 Å². The van der Waals surface area contributed by atoms with Gasteiger partial charge in [0.2, 0.25) is 10.5 Å². The predicted octanol–water partition coefficient (Wildman–Crippen LogP) is 3.99. The van der Waals surface area contributed by atoms with Gasteiger partial charge in [-0.2, -0.15) is 0 Å². The van der Waals surface area contributed by atoms with Crippen LogP contribution in [0.4, 0.5) is 0 Å². The minimum atomic E-state index is -0.861. The number of hydrogen-bond acceptors (Lipinski definition) is 2. The first-order valence-electron chi connectivity index (χ1n) is 8.99. The Hall–Kier alpha value is -2.65. The van der Waals surface area contributed by atoms with Crippen molar-refractivity contribution in [3.8, 4) is 0 Å². The molecule has 0 aliphatic heterocycles. The topological polar surface area (TPSA) is 26.3 Å². The highest BCUT2D eigenvalue weighted by atomic mass is 28.2. The van der Waals surface area contributed by atoms with Gasteiger partial charge in [-0.1, -0.05) is 97.9 Å². The van der Waals surface area contributed by atoms with E-state index in [1.807, 2.05) is 78.9 Å². The van der Waals surface area contributed by atoms with Crippen LogP contribution in [0.25, 0.3) is 0 Å². The minimum Gasteiger partial charge on any atom is -0.528 e. The van der Waals surface area contributed by atoms with Gasteiger partial charge >= 0.3 is 5.97 Å². The lowest BCUT2D eigenvalue weighted by atomic mass is 9.62. The average molecular weight is 361 g/mol. The summed E-state index contributed by atoms with van der Waals surface area (Å²) in [6, 6.07) is 30.4. The Labute approximate surface area is 158 Å². The normalized spacial score (nSPS) is 12.5. The summed E-state index contributed by atoms with van der Waals surface area (Å²) in [5.41, 5.74) is 2.24. The molecule has 0 saturated carbocycles. The van der Waals surface area contributed by atoms with Crippen LogP contribution in [0.1, 0.15) is 36.0 Å². The average Bonchev–Trinajstić information content (AvgIpc) is 2.73. The summed E-state index contributed by atoms with van der Waals surface area (Å²) in [4.78, 5) is 13.4. The lowest BCUT2D eigenvalue weighted by Crippen LogP contribution is -2.44. The van der Waals surface area contributed by atoms with Crippen molar-refractivity contribution in [1.29, 1.82) is 0 Å². The molecule has 3 aromatic carbocycles. The van der Waals surface area contributed by atoms with Crippen molar-refractivity contribution < 1.29 is 9.22 Å². The number of benzene rings is 3. The zero-order valence-corrected chi connectivity index (χ0v) is 17.3. The molecule has 0 fully saturated rings. The van der Waals surface area contributed by atoms with Crippen molar-refractivity contribution in [2.45, 2.75) is 24.7 Å². The molecule has 0 amide bonds. The molecule has 0 spiro atoms. The van der Waals surface area contributed by atoms with Crippen LogP contribution < -0.4 is 0 Å². The van der Waals surface area contributed by atoms with E-state index in [4.69, 9.17) is 4.43 Å². The van der Waals surface area contributed by atoms with Gasteiger partial charge in [-0.3, -0.25) is 4.79 Å². The SMILES string of the molecule is CCC(c1ccccc1)C(C(=O)O[SiH3])(c1ccccc1)c1ccccc1. The molecule has 0 aromatic heterocycles. The van der Waals surface area contributed by atoms with E-state index in [2.05, 4.69) is 19.1 Å². The van der Waals surface area contributed by atoms with E-state index in [-0.39, 0.29) is 11.9 Å². The molecule has 1 unspecified atom stereocenters. The largest absolute Gasteiger partial charge is 0.528 e. The smallest absolute Gasteiger partial charge is 0.307 e. The van der Waals surface area contributed by atoms with Gasteiger partial charge in [0.25, 0.3) is 0 Å². The van der Waals surface area contributed by atoms with Gasteiger partial charge in [-0.25, -0.2) is 0 Å². The van der Waals surface area contributed by atoms with E-state index in [0.29, 0.717) is 10.5 Å². The zero-order chi connectivity index (χ0) is 18.4. The zero-order valence-electron chi connectivity index (χ0n) is 15.3. The molecule has 0 bridgehead atoms. The van der Waals surface area contributed by atoms with Crippen molar-refractivity contribution in [3.05, 3.63) is 108 Å². The summed E-state index contributed by atoms with van der Waals surface area (Å²) in [5.74, 6) is -0.188. The fraction of sp³-hybridized carbons (Fsp3) is 0.174. The second kappa shape index (κ2) is 8.15. The Kier molecular flexibility index (Phi) is 5.69. The van der Waals surface area contributed by atoms with Crippen molar-refractivity contribution in [3.63, 3.8) is 0 Å². The third-order valence-corrected chi connectivity index (χ3v) is 5.47. The maximum atomic E-state index is 13.4. The van der Waals surface area contributed by atoms with E-state index in [1.54, 1.807) is 0 Å². The highest BCUT2D eigenvalue weighted by molar-refractivity contribution is 6.08. The van der Waals surface area contributed by atoms with Gasteiger partial charge in [0.05, 0.1) is 0 Å². The van der Waals surface area contributed by atoms with E-state index in [0.717, 1.165) is 23.1 Å². The Morgan fingerprint density at radius 2 is 1.27 bits per heavy atom. The molecular formula is C23H24O2Si. The van der Waals surface area contributed by atoms with Gasteiger partial charge in [-0.05, 0) is 23.1 Å². The molecule has 3 heteroatoms. The number of carbonyl (C=O) groups is 1. The number of rotatable bonds is 6. The molecule has 0 aliphatic rings. The van der Waals surface area contributed by atoms with Gasteiger partial charge < -0.3 is 4.43 Å². The van der Waals surface area contributed by atoms with Crippen molar-refractivity contribution in [1.82, 2.24) is 0 Å². The number of hydrogen-bond donors (Lipinski definition) is 0. The summed E-state index contributed by atoms with van der Waals surface area (Å²) < 4.78 is 5.53. The van der Waals surface area contributed by atoms with E-state index in [1.165, 1.54) is 0 Å². The predicted molar refractivity (Wildman–Crippen MR) is 109 cm³/mol. The molecule has 3 rings (SSSR count). The quantitative estimate of drug-likeness (QED) is 0.621. The first kappa shape index (κ1) is 18.1. The molecule has 0 N–H and O–H groups in total. The molecule has 0 radical (unpaired) electrons. The molecule has 0 heterocycles. The van der Waals surface area contributed by atoms with Crippen molar-refractivity contribution in [2.75, 3.05) is 0 Å². The fourth-order valence-electron chi connectivity index (χ4n) is 3.99. The van der Waals surface area contributed by atoms with Gasteiger partial charge in [0.1, 0.15) is 5.41 Å². The molecule has 3 aromatic rings. The lowest BCUT2D eigenvalue weighted by molar-refractivity contribution is -0.140. The summed E-state index contributed by atoms with van der Waals surface area (Å²) in [7, 11) is 0.367. The summed E-state index contributed by atoms with van der Waals surface area (Å²) in [6.07, 6.45) is 0.824. The molecular weight excluding hydrogens is 336 g/mol. The van der Waals surface area contributed by atoms with Gasteiger partial charge in [0, 0.05) is 5.92 Å². The van der Waals surface area contributed by atoms with Crippen molar-refractivity contribution in [2.24, 2.45) is 0 Å². The van der Waals surface area contributed by atoms with Crippen LogP contribution >= 0.6 is 0 Å². The van der Waals surface area contributed by atoms with Crippen LogP contribution in [0.5, 0.6) is 0 Å². The standard InChI is InChI=1S/C23H24O2Si/c1-2-21(18-12-6-3-7-13-18)23(22(24)25-26,19-14-8-4-9-15-19)20-16-10-5-11-17-20/h3-17,21H,2H2,1,26H3. The Bertz CT molecular complexity index is 792. The van der Waals surface area contributed by atoms with Gasteiger partial charge in [-0.15, -0.1) is 0 Å². The van der Waals surface area contributed by atoms with E-state index in [9.17, 15) is 4.79 Å². The molecule has 0 saturated heterocycles. The molecule has 26 heavy (non-hydrogen) atoms. The second-order valence-corrected chi connectivity index (χ2v) is 6.81. The highest BCUT2D eigenvalue weighted by Crippen LogP contribution is 2.47. The van der Waals surface area contributed by atoms with Crippen LogP contribution in [0.2, 0.25) is 0 Å². The lowest BCUT2D eigenvalue weighted by Gasteiger charge is -2.39. The minimum absolute atomic E-state index is 0.0186. The van der Waals surface area contributed by atoms with Crippen LogP contribution in [-0.4, -0.2) is 16.5 Å². The third kappa shape index (κ3) is 3.11. The highest BCUT2D eigenvalue weighted by Gasteiger charge is 2.49. The van der Waals surface area contributed by atoms with Crippen LogP contribution in [0, 0.1) is 0 Å². The molecule has 2 nitrogen and oxygen atoms in total. The molecule has 0 aliphatic carbocycles.